The van der Waals surface area contributed by atoms with E-state index in [0.717, 1.165) is 11.3 Å². The fourth-order valence-electron chi connectivity index (χ4n) is 1.16. The highest BCUT2D eigenvalue weighted by Gasteiger charge is 2.08. The maximum atomic E-state index is 11.2. The van der Waals surface area contributed by atoms with E-state index in [1.165, 1.54) is 7.11 Å². The van der Waals surface area contributed by atoms with Crippen molar-refractivity contribution in [3.8, 4) is 0 Å². The van der Waals surface area contributed by atoms with Gasteiger partial charge in [-0.05, 0) is 23.4 Å². The fourth-order valence-corrected chi connectivity index (χ4v) is 2.44. The molecule has 0 aliphatic rings. The summed E-state index contributed by atoms with van der Waals surface area (Å²) in [5.41, 5.74) is 1.68. The summed E-state index contributed by atoms with van der Waals surface area (Å²) >= 11 is 6.21. The molecular formula is C11H14O2S2. The number of carbonyl (C=O) groups is 1. The Morgan fingerprint density at radius 3 is 2.53 bits per heavy atom. The molecule has 82 valence electrons. The van der Waals surface area contributed by atoms with Crippen molar-refractivity contribution in [3.05, 3.63) is 35.4 Å². The third-order valence-corrected chi connectivity index (χ3v) is 3.61. The molecule has 0 N–H and O–H groups in total. The van der Waals surface area contributed by atoms with Gasteiger partial charge in [0.05, 0.1) is 17.3 Å². The SMILES string of the molecule is CCSC(S)c1ccc(C(=O)OC)cc1. The number of thioether (sulfide) groups is 1. The molecule has 1 rings (SSSR count). The molecule has 0 aliphatic carbocycles. The summed E-state index contributed by atoms with van der Waals surface area (Å²) in [6.45, 7) is 2.09. The summed E-state index contributed by atoms with van der Waals surface area (Å²) in [5, 5.41) is 0. The number of carbonyl (C=O) groups excluding carboxylic acids is 1. The maximum Gasteiger partial charge on any atom is 0.337 e. The zero-order chi connectivity index (χ0) is 11.3. The second-order valence-corrected chi connectivity index (χ2v) is 5.17. The minimum absolute atomic E-state index is 0.168. The number of thiol groups is 1. The van der Waals surface area contributed by atoms with Crippen LogP contribution in [0.25, 0.3) is 0 Å². The second-order valence-electron chi connectivity index (χ2n) is 2.92. The van der Waals surface area contributed by atoms with Crippen molar-refractivity contribution in [1.29, 1.82) is 0 Å². The monoisotopic (exact) mass is 242 g/mol. The van der Waals surface area contributed by atoms with Crippen molar-refractivity contribution in [3.63, 3.8) is 0 Å². The van der Waals surface area contributed by atoms with Gasteiger partial charge in [0.1, 0.15) is 0 Å². The molecule has 1 aromatic rings. The third kappa shape index (κ3) is 3.47. The van der Waals surface area contributed by atoms with Gasteiger partial charge in [-0.15, -0.1) is 11.8 Å². The normalized spacial score (nSPS) is 12.2. The summed E-state index contributed by atoms with van der Waals surface area (Å²) < 4.78 is 4.79. The highest BCUT2D eigenvalue weighted by molar-refractivity contribution is 8.09. The second kappa shape index (κ2) is 6.08. The Kier molecular flexibility index (Phi) is 5.05. The molecule has 1 atom stereocenters. The van der Waals surface area contributed by atoms with Crippen LogP contribution in [0.1, 0.15) is 27.4 Å². The van der Waals surface area contributed by atoms with Crippen molar-refractivity contribution in [2.75, 3.05) is 12.9 Å². The summed E-state index contributed by atoms with van der Waals surface area (Å²) in [6.07, 6.45) is 0. The van der Waals surface area contributed by atoms with E-state index in [1.54, 1.807) is 23.9 Å². The molecule has 0 fully saturated rings. The lowest BCUT2D eigenvalue weighted by molar-refractivity contribution is 0.0601. The van der Waals surface area contributed by atoms with Gasteiger partial charge in [-0.25, -0.2) is 4.79 Å². The van der Waals surface area contributed by atoms with Crippen LogP contribution >= 0.6 is 24.4 Å². The van der Waals surface area contributed by atoms with Gasteiger partial charge in [-0.1, -0.05) is 19.1 Å². The van der Waals surface area contributed by atoms with Crippen LogP contribution in [0.4, 0.5) is 0 Å². The topological polar surface area (TPSA) is 26.3 Å². The van der Waals surface area contributed by atoms with Crippen molar-refractivity contribution in [1.82, 2.24) is 0 Å². The van der Waals surface area contributed by atoms with Crippen LogP contribution in [-0.2, 0) is 4.74 Å². The Bertz CT molecular complexity index is 322. The number of hydrogen-bond acceptors (Lipinski definition) is 4. The predicted octanol–water partition coefficient (Wildman–Crippen LogP) is 3.15. The van der Waals surface area contributed by atoms with E-state index < -0.39 is 0 Å². The lowest BCUT2D eigenvalue weighted by Crippen LogP contribution is -2.00. The first-order chi connectivity index (χ1) is 7.19. The summed E-state index contributed by atoms with van der Waals surface area (Å²) in [7, 11) is 1.38. The molecule has 0 spiro atoms. The first-order valence-electron chi connectivity index (χ1n) is 4.67. The van der Waals surface area contributed by atoms with E-state index in [1.807, 2.05) is 12.1 Å². The van der Waals surface area contributed by atoms with Gasteiger partial charge in [0.2, 0.25) is 0 Å². The zero-order valence-corrected chi connectivity index (χ0v) is 10.5. The molecule has 0 aromatic heterocycles. The Morgan fingerprint density at radius 1 is 1.47 bits per heavy atom. The van der Waals surface area contributed by atoms with Crippen LogP contribution in [0.5, 0.6) is 0 Å². The molecule has 1 aromatic carbocycles. The van der Waals surface area contributed by atoms with Gasteiger partial charge in [-0.2, -0.15) is 12.6 Å². The quantitative estimate of drug-likeness (QED) is 0.499. The van der Waals surface area contributed by atoms with Gasteiger partial charge >= 0.3 is 5.97 Å². The molecule has 0 saturated heterocycles. The van der Waals surface area contributed by atoms with E-state index in [4.69, 9.17) is 0 Å². The maximum absolute atomic E-state index is 11.2. The molecule has 15 heavy (non-hydrogen) atoms. The summed E-state index contributed by atoms with van der Waals surface area (Å²) in [5.74, 6) is 0.716. The fraction of sp³-hybridized carbons (Fsp3) is 0.364. The average molecular weight is 242 g/mol. The zero-order valence-electron chi connectivity index (χ0n) is 8.77. The highest BCUT2D eigenvalue weighted by atomic mass is 32.2. The molecule has 4 heteroatoms. The Balaban J connectivity index is 2.76. The van der Waals surface area contributed by atoms with E-state index in [0.29, 0.717) is 5.56 Å². The predicted molar refractivity (Wildman–Crippen MR) is 67.6 cm³/mol. The lowest BCUT2D eigenvalue weighted by atomic mass is 10.1. The highest BCUT2D eigenvalue weighted by Crippen LogP contribution is 2.31. The molecular weight excluding hydrogens is 228 g/mol. The average Bonchev–Trinajstić information content (AvgIpc) is 2.28. The Hall–Kier alpha value is -0.610. The van der Waals surface area contributed by atoms with Crippen LogP contribution in [-0.4, -0.2) is 18.8 Å². The molecule has 1 unspecified atom stereocenters. The van der Waals surface area contributed by atoms with Gasteiger partial charge in [0.25, 0.3) is 0 Å². The van der Waals surface area contributed by atoms with Crippen molar-refractivity contribution >= 4 is 30.4 Å². The summed E-state index contributed by atoms with van der Waals surface area (Å²) in [4.78, 5) is 11.2. The van der Waals surface area contributed by atoms with Crippen LogP contribution < -0.4 is 0 Å². The van der Waals surface area contributed by atoms with Gasteiger partial charge in [0.15, 0.2) is 0 Å². The van der Waals surface area contributed by atoms with Crippen LogP contribution in [0.15, 0.2) is 24.3 Å². The van der Waals surface area contributed by atoms with Crippen molar-refractivity contribution in [2.45, 2.75) is 11.5 Å². The number of esters is 1. The molecule has 2 nitrogen and oxygen atoms in total. The van der Waals surface area contributed by atoms with E-state index >= 15 is 0 Å². The molecule has 0 amide bonds. The minimum atomic E-state index is -0.305. The number of ether oxygens (including phenoxy) is 1. The molecule has 0 heterocycles. The van der Waals surface area contributed by atoms with Crippen LogP contribution in [0, 0.1) is 0 Å². The number of methoxy groups -OCH3 is 1. The van der Waals surface area contributed by atoms with E-state index in [-0.39, 0.29) is 10.6 Å². The number of rotatable bonds is 4. The summed E-state index contributed by atoms with van der Waals surface area (Å²) in [6, 6.07) is 7.35. The standard InChI is InChI=1S/C11H14O2S2/c1-3-15-11(14)9-6-4-8(5-7-9)10(12)13-2/h4-7,11,14H,3H2,1-2H3. The third-order valence-electron chi connectivity index (χ3n) is 1.94. The Labute approximate surface area is 99.8 Å². The molecule has 0 saturated carbocycles. The molecule has 0 bridgehead atoms. The van der Waals surface area contributed by atoms with Crippen LogP contribution in [0.3, 0.4) is 0 Å². The minimum Gasteiger partial charge on any atom is -0.465 e. The van der Waals surface area contributed by atoms with Gasteiger partial charge in [0, 0.05) is 0 Å². The molecule has 0 radical (unpaired) electrons. The van der Waals surface area contributed by atoms with Crippen molar-refractivity contribution in [2.24, 2.45) is 0 Å². The first kappa shape index (κ1) is 12.5. The largest absolute Gasteiger partial charge is 0.465 e. The van der Waals surface area contributed by atoms with Crippen molar-refractivity contribution < 1.29 is 9.53 Å². The first-order valence-corrected chi connectivity index (χ1v) is 6.23. The van der Waals surface area contributed by atoms with Gasteiger partial charge in [-0.3, -0.25) is 0 Å². The van der Waals surface area contributed by atoms with E-state index in [2.05, 4.69) is 24.3 Å². The Morgan fingerprint density at radius 2 is 2.07 bits per heavy atom. The number of benzene rings is 1. The number of hydrogen-bond donors (Lipinski definition) is 1. The van der Waals surface area contributed by atoms with Gasteiger partial charge < -0.3 is 4.74 Å². The van der Waals surface area contributed by atoms with Crippen LogP contribution in [0.2, 0.25) is 0 Å². The lowest BCUT2D eigenvalue weighted by Gasteiger charge is -2.09. The smallest absolute Gasteiger partial charge is 0.337 e. The molecule has 0 aliphatic heterocycles. The van der Waals surface area contributed by atoms with E-state index in [9.17, 15) is 4.79 Å².